The van der Waals surface area contributed by atoms with Gasteiger partial charge in [0.1, 0.15) is 5.75 Å². The van der Waals surface area contributed by atoms with Crippen molar-refractivity contribution in [3.8, 4) is 17.0 Å². The zero-order chi connectivity index (χ0) is 11.0. The van der Waals surface area contributed by atoms with Crippen molar-refractivity contribution in [2.45, 2.75) is 0 Å². The van der Waals surface area contributed by atoms with Crippen molar-refractivity contribution in [2.75, 3.05) is 0 Å². The van der Waals surface area contributed by atoms with Gasteiger partial charge in [-0.1, -0.05) is 0 Å². The molecule has 3 heteroatoms. The van der Waals surface area contributed by atoms with E-state index < -0.39 is 0 Å². The highest BCUT2D eigenvalue weighted by Crippen LogP contribution is 2.24. The molecule has 2 N–H and O–H groups in total. The Kier molecular flexibility index (Phi) is 1.90. The minimum Gasteiger partial charge on any atom is -0.508 e. The summed E-state index contributed by atoms with van der Waals surface area (Å²) in [5, 5.41) is 9.22. The third-order valence-corrected chi connectivity index (χ3v) is 2.57. The van der Waals surface area contributed by atoms with E-state index in [0.29, 0.717) is 0 Å². The van der Waals surface area contributed by atoms with Crippen LogP contribution < -0.4 is 0 Å². The van der Waals surface area contributed by atoms with Crippen molar-refractivity contribution in [3.05, 3.63) is 48.7 Å². The van der Waals surface area contributed by atoms with Crippen molar-refractivity contribution in [3.63, 3.8) is 0 Å². The lowest BCUT2D eigenvalue weighted by atomic mass is 10.1. The largest absolute Gasteiger partial charge is 0.508 e. The average Bonchev–Trinajstić information content (AvgIpc) is 2.73. The molecule has 0 aliphatic heterocycles. The summed E-state index contributed by atoms with van der Waals surface area (Å²) in [5.74, 6) is 0.276. The number of rotatable bonds is 1. The second-order valence-electron chi connectivity index (χ2n) is 3.67. The minimum absolute atomic E-state index is 0.276. The number of nitrogens with zero attached hydrogens (tertiary/aromatic N) is 1. The molecule has 0 radical (unpaired) electrons. The van der Waals surface area contributed by atoms with Gasteiger partial charge in [-0.3, -0.25) is 4.98 Å². The van der Waals surface area contributed by atoms with Crippen LogP contribution in [0.5, 0.6) is 5.75 Å². The highest BCUT2D eigenvalue weighted by Gasteiger charge is 2.03. The highest BCUT2D eigenvalue weighted by molar-refractivity contribution is 5.82. The van der Waals surface area contributed by atoms with Gasteiger partial charge in [0.15, 0.2) is 0 Å². The number of fused-ring (bicyclic) bond motifs is 1. The van der Waals surface area contributed by atoms with Crippen molar-refractivity contribution >= 4 is 11.0 Å². The molecule has 3 rings (SSSR count). The molecule has 16 heavy (non-hydrogen) atoms. The second-order valence-corrected chi connectivity index (χ2v) is 3.67. The predicted octanol–water partition coefficient (Wildman–Crippen LogP) is 2.94. The number of phenols is 1. The Balaban J connectivity index is 2.15. The van der Waals surface area contributed by atoms with Gasteiger partial charge in [0, 0.05) is 11.9 Å². The Morgan fingerprint density at radius 3 is 2.62 bits per heavy atom. The van der Waals surface area contributed by atoms with Gasteiger partial charge >= 0.3 is 0 Å². The van der Waals surface area contributed by atoms with Crippen LogP contribution in [0.2, 0.25) is 0 Å². The molecular weight excluding hydrogens is 200 g/mol. The van der Waals surface area contributed by atoms with Crippen molar-refractivity contribution in [2.24, 2.45) is 0 Å². The fourth-order valence-electron chi connectivity index (χ4n) is 1.75. The maximum atomic E-state index is 9.22. The summed E-state index contributed by atoms with van der Waals surface area (Å²) in [6, 6.07) is 13.0. The molecule has 0 unspecified atom stereocenters. The Bertz CT molecular complexity index is 593. The van der Waals surface area contributed by atoms with Gasteiger partial charge in [0.05, 0.1) is 11.0 Å². The molecule has 3 nitrogen and oxygen atoms in total. The van der Waals surface area contributed by atoms with Crippen LogP contribution in [0.1, 0.15) is 0 Å². The maximum Gasteiger partial charge on any atom is 0.115 e. The fourth-order valence-corrected chi connectivity index (χ4v) is 1.75. The Morgan fingerprint density at radius 1 is 1.06 bits per heavy atom. The molecule has 0 fully saturated rings. The van der Waals surface area contributed by atoms with E-state index in [4.69, 9.17) is 0 Å². The summed E-state index contributed by atoms with van der Waals surface area (Å²) < 4.78 is 0. The van der Waals surface area contributed by atoms with Gasteiger partial charge in [0.2, 0.25) is 0 Å². The monoisotopic (exact) mass is 210 g/mol. The average molecular weight is 210 g/mol. The summed E-state index contributed by atoms with van der Waals surface area (Å²) in [4.78, 5) is 7.55. The number of aromatic hydroxyl groups is 1. The number of aromatic nitrogens is 2. The topological polar surface area (TPSA) is 48.9 Å². The lowest BCUT2D eigenvalue weighted by molar-refractivity contribution is 0.475. The van der Waals surface area contributed by atoms with Gasteiger partial charge in [-0.05, 0) is 48.0 Å². The van der Waals surface area contributed by atoms with Gasteiger partial charge in [-0.15, -0.1) is 0 Å². The Morgan fingerprint density at radius 2 is 1.88 bits per heavy atom. The van der Waals surface area contributed by atoms with E-state index in [-0.39, 0.29) is 5.75 Å². The van der Waals surface area contributed by atoms with E-state index in [9.17, 15) is 5.11 Å². The summed E-state index contributed by atoms with van der Waals surface area (Å²) >= 11 is 0. The molecule has 0 amide bonds. The Labute approximate surface area is 92.4 Å². The zero-order valence-corrected chi connectivity index (χ0v) is 8.51. The van der Waals surface area contributed by atoms with Crippen LogP contribution in [0, 0.1) is 0 Å². The molecule has 0 saturated carbocycles. The van der Waals surface area contributed by atoms with E-state index in [1.54, 1.807) is 18.3 Å². The van der Waals surface area contributed by atoms with Crippen LogP contribution in [-0.4, -0.2) is 15.1 Å². The molecular formula is C13H10N2O. The zero-order valence-electron chi connectivity index (χ0n) is 8.51. The molecule has 1 aromatic carbocycles. The molecule has 0 aliphatic rings. The fraction of sp³-hybridized carbons (Fsp3) is 0. The molecule has 0 spiro atoms. The van der Waals surface area contributed by atoms with Crippen LogP contribution in [0.25, 0.3) is 22.3 Å². The number of aromatic amines is 1. The SMILES string of the molecule is Oc1ccc(-c2cc3ncccc3[nH]2)cc1. The van der Waals surface area contributed by atoms with Gasteiger partial charge in [0.25, 0.3) is 0 Å². The third-order valence-electron chi connectivity index (χ3n) is 2.57. The van der Waals surface area contributed by atoms with Crippen LogP contribution in [0.3, 0.4) is 0 Å². The molecule has 0 bridgehead atoms. The van der Waals surface area contributed by atoms with Crippen LogP contribution in [0.15, 0.2) is 48.7 Å². The number of hydrogen-bond donors (Lipinski definition) is 2. The normalized spacial score (nSPS) is 10.8. The molecule has 78 valence electrons. The van der Waals surface area contributed by atoms with Gasteiger partial charge < -0.3 is 10.1 Å². The quantitative estimate of drug-likeness (QED) is 0.648. The number of nitrogens with one attached hydrogen (secondary N) is 1. The van der Waals surface area contributed by atoms with Crippen molar-refractivity contribution in [1.29, 1.82) is 0 Å². The molecule has 0 atom stereocenters. The number of benzene rings is 1. The minimum atomic E-state index is 0.276. The van der Waals surface area contributed by atoms with E-state index in [1.165, 1.54) is 0 Å². The van der Waals surface area contributed by atoms with E-state index in [1.807, 2.05) is 30.3 Å². The molecule has 0 aliphatic carbocycles. The predicted molar refractivity (Wildman–Crippen MR) is 63.2 cm³/mol. The van der Waals surface area contributed by atoms with Gasteiger partial charge in [-0.25, -0.2) is 0 Å². The van der Waals surface area contributed by atoms with Crippen LogP contribution in [0.4, 0.5) is 0 Å². The molecule has 3 aromatic rings. The summed E-state index contributed by atoms with van der Waals surface area (Å²) in [7, 11) is 0. The molecule has 0 saturated heterocycles. The number of H-pyrrole nitrogens is 1. The highest BCUT2D eigenvalue weighted by atomic mass is 16.3. The van der Waals surface area contributed by atoms with Gasteiger partial charge in [-0.2, -0.15) is 0 Å². The molecule has 2 heterocycles. The lowest BCUT2D eigenvalue weighted by Gasteiger charge is -1.97. The Hall–Kier alpha value is -2.29. The number of hydrogen-bond acceptors (Lipinski definition) is 2. The van der Waals surface area contributed by atoms with E-state index in [2.05, 4.69) is 9.97 Å². The first-order chi connectivity index (χ1) is 7.83. The summed E-state index contributed by atoms with van der Waals surface area (Å²) in [6.45, 7) is 0. The van der Waals surface area contributed by atoms with Crippen molar-refractivity contribution < 1.29 is 5.11 Å². The van der Waals surface area contributed by atoms with Crippen LogP contribution in [-0.2, 0) is 0 Å². The first-order valence-electron chi connectivity index (χ1n) is 5.06. The third kappa shape index (κ3) is 1.42. The second kappa shape index (κ2) is 3.38. The number of pyridine rings is 1. The standard InChI is InChI=1S/C13H10N2O/c16-10-5-3-9(4-6-10)12-8-13-11(15-12)2-1-7-14-13/h1-8,15-16H. The van der Waals surface area contributed by atoms with Crippen LogP contribution >= 0.6 is 0 Å². The smallest absolute Gasteiger partial charge is 0.115 e. The first kappa shape index (κ1) is 8.97. The van der Waals surface area contributed by atoms with Crippen molar-refractivity contribution in [1.82, 2.24) is 9.97 Å². The number of phenolic OH excluding ortho intramolecular Hbond substituents is 1. The summed E-state index contributed by atoms with van der Waals surface area (Å²) in [6.07, 6.45) is 1.77. The molecule has 2 aromatic heterocycles. The first-order valence-corrected chi connectivity index (χ1v) is 5.06. The lowest BCUT2D eigenvalue weighted by Crippen LogP contribution is -1.75. The summed E-state index contributed by atoms with van der Waals surface area (Å²) in [5.41, 5.74) is 4.01. The maximum absolute atomic E-state index is 9.22. The van der Waals surface area contributed by atoms with E-state index >= 15 is 0 Å². The van der Waals surface area contributed by atoms with E-state index in [0.717, 1.165) is 22.3 Å².